The van der Waals surface area contributed by atoms with Gasteiger partial charge < -0.3 is 5.32 Å². The summed E-state index contributed by atoms with van der Waals surface area (Å²) in [6, 6.07) is 18.2. The van der Waals surface area contributed by atoms with Crippen LogP contribution in [0.3, 0.4) is 0 Å². The highest BCUT2D eigenvalue weighted by molar-refractivity contribution is 7.19. The van der Waals surface area contributed by atoms with E-state index in [1.807, 2.05) is 37.3 Å². The van der Waals surface area contributed by atoms with Crippen LogP contribution in [-0.4, -0.2) is 20.5 Å². The van der Waals surface area contributed by atoms with Crippen molar-refractivity contribution in [3.8, 4) is 10.6 Å². The Balaban J connectivity index is 1.61. The normalized spacial score (nSPS) is 10.9. The first-order valence-corrected chi connectivity index (χ1v) is 9.22. The van der Waals surface area contributed by atoms with Gasteiger partial charge >= 0.3 is 0 Å². The molecule has 27 heavy (non-hydrogen) atoms. The average Bonchev–Trinajstić information content (AvgIpc) is 3.11. The summed E-state index contributed by atoms with van der Waals surface area (Å²) in [5, 5.41) is 7.93. The number of aryl methyl sites for hydroxylation is 1. The molecule has 6 nitrogen and oxygen atoms in total. The Morgan fingerprint density at radius 2 is 1.85 bits per heavy atom. The Bertz CT molecular complexity index is 1180. The number of hydrogen-bond acceptors (Lipinski definition) is 5. The van der Waals surface area contributed by atoms with E-state index in [-0.39, 0.29) is 18.0 Å². The van der Waals surface area contributed by atoms with Crippen LogP contribution in [0.2, 0.25) is 0 Å². The Labute approximate surface area is 159 Å². The zero-order valence-corrected chi connectivity index (χ0v) is 15.4. The fourth-order valence-corrected chi connectivity index (χ4v) is 3.75. The summed E-state index contributed by atoms with van der Waals surface area (Å²) < 4.78 is 1.30. The van der Waals surface area contributed by atoms with E-state index in [1.165, 1.54) is 21.9 Å². The lowest BCUT2D eigenvalue weighted by molar-refractivity contribution is 0.0950. The molecule has 1 amide bonds. The molecule has 0 atom stereocenters. The van der Waals surface area contributed by atoms with Gasteiger partial charge in [-0.25, -0.2) is 4.98 Å². The summed E-state index contributed by atoms with van der Waals surface area (Å²) in [5.41, 5.74) is 2.87. The van der Waals surface area contributed by atoms with Crippen molar-refractivity contribution >= 4 is 22.2 Å². The van der Waals surface area contributed by atoms with E-state index in [0.717, 1.165) is 16.1 Å². The molecule has 0 aliphatic heterocycles. The lowest BCUT2D eigenvalue weighted by atomic mass is 10.1. The second-order valence-electron chi connectivity index (χ2n) is 6.05. The van der Waals surface area contributed by atoms with E-state index >= 15 is 0 Å². The third-order valence-corrected chi connectivity index (χ3v) is 5.08. The zero-order chi connectivity index (χ0) is 18.8. The Morgan fingerprint density at radius 3 is 2.63 bits per heavy atom. The van der Waals surface area contributed by atoms with Crippen molar-refractivity contribution in [1.29, 1.82) is 0 Å². The second-order valence-corrected chi connectivity index (χ2v) is 7.01. The number of hydrogen-bond donors (Lipinski definition) is 1. The van der Waals surface area contributed by atoms with Crippen LogP contribution in [0.25, 0.3) is 15.5 Å². The van der Waals surface area contributed by atoms with Gasteiger partial charge in [-0.05, 0) is 24.6 Å². The first-order valence-electron chi connectivity index (χ1n) is 8.41. The van der Waals surface area contributed by atoms with Crippen LogP contribution < -0.4 is 10.9 Å². The molecule has 0 saturated carbocycles. The maximum Gasteiger partial charge on any atom is 0.275 e. The zero-order valence-electron chi connectivity index (χ0n) is 14.5. The molecule has 2 heterocycles. The fraction of sp³-hybridized carbons (Fsp3) is 0.100. The van der Waals surface area contributed by atoms with Crippen molar-refractivity contribution in [2.24, 2.45) is 0 Å². The monoisotopic (exact) mass is 376 g/mol. The number of aromatic nitrogens is 3. The van der Waals surface area contributed by atoms with Gasteiger partial charge in [0.1, 0.15) is 5.01 Å². The van der Waals surface area contributed by atoms with Crippen LogP contribution in [0, 0.1) is 6.92 Å². The van der Waals surface area contributed by atoms with Gasteiger partial charge in [0.25, 0.3) is 11.5 Å². The number of carbonyl (C=O) groups is 1. The van der Waals surface area contributed by atoms with E-state index in [4.69, 9.17) is 0 Å². The molecule has 7 heteroatoms. The first kappa shape index (κ1) is 17.1. The topological polar surface area (TPSA) is 76.4 Å². The smallest absolute Gasteiger partial charge is 0.275 e. The Hall–Kier alpha value is -3.32. The molecule has 0 aliphatic carbocycles. The number of fused-ring (bicyclic) bond motifs is 1. The van der Waals surface area contributed by atoms with E-state index in [0.29, 0.717) is 16.2 Å². The van der Waals surface area contributed by atoms with Crippen molar-refractivity contribution in [1.82, 2.24) is 19.9 Å². The highest BCUT2D eigenvalue weighted by Crippen LogP contribution is 2.26. The summed E-state index contributed by atoms with van der Waals surface area (Å²) in [7, 11) is 0. The molecule has 4 rings (SSSR count). The molecular formula is C20H16N4O2S. The lowest BCUT2D eigenvalue weighted by Gasteiger charge is -2.04. The summed E-state index contributed by atoms with van der Waals surface area (Å²) in [6.45, 7) is 2.18. The predicted molar refractivity (Wildman–Crippen MR) is 105 cm³/mol. The minimum absolute atomic E-state index is 0.178. The van der Waals surface area contributed by atoms with Gasteiger partial charge in [0.2, 0.25) is 4.96 Å². The highest BCUT2D eigenvalue weighted by Gasteiger charge is 2.12. The van der Waals surface area contributed by atoms with Crippen LogP contribution in [0.5, 0.6) is 0 Å². The van der Waals surface area contributed by atoms with Gasteiger partial charge in [-0.15, -0.1) is 0 Å². The minimum Gasteiger partial charge on any atom is -0.346 e. The molecule has 0 bridgehead atoms. The standard InChI is InChI=1S/C20H16N4O2S/c1-13-7-5-6-10-16(13)19-23-24-17(25)11-15(22-20(24)27-19)12-21-18(26)14-8-3-2-4-9-14/h2-11H,12H2,1H3,(H,21,26). The summed E-state index contributed by atoms with van der Waals surface area (Å²) >= 11 is 1.35. The van der Waals surface area contributed by atoms with Crippen LogP contribution in [0.15, 0.2) is 65.5 Å². The molecule has 2 aromatic carbocycles. The van der Waals surface area contributed by atoms with Crippen LogP contribution in [0.4, 0.5) is 0 Å². The number of carbonyl (C=O) groups excluding carboxylic acids is 1. The summed E-state index contributed by atoms with van der Waals surface area (Å²) in [5.74, 6) is -0.206. The van der Waals surface area contributed by atoms with Crippen molar-refractivity contribution in [3.63, 3.8) is 0 Å². The number of nitrogens with zero attached hydrogens (tertiary/aromatic N) is 3. The number of amides is 1. The van der Waals surface area contributed by atoms with Gasteiger partial charge in [-0.1, -0.05) is 53.8 Å². The van der Waals surface area contributed by atoms with Crippen LogP contribution in [-0.2, 0) is 6.54 Å². The third-order valence-electron chi connectivity index (χ3n) is 4.14. The molecule has 2 aromatic heterocycles. The van der Waals surface area contributed by atoms with Crippen LogP contribution >= 0.6 is 11.3 Å². The molecule has 0 radical (unpaired) electrons. The van der Waals surface area contributed by atoms with Crippen LogP contribution in [0.1, 0.15) is 21.6 Å². The summed E-state index contributed by atoms with van der Waals surface area (Å²) in [6.07, 6.45) is 0. The Kier molecular flexibility index (Phi) is 4.52. The molecule has 134 valence electrons. The number of rotatable bonds is 4. The highest BCUT2D eigenvalue weighted by atomic mass is 32.1. The lowest BCUT2D eigenvalue weighted by Crippen LogP contribution is -2.25. The van der Waals surface area contributed by atoms with E-state index in [2.05, 4.69) is 15.4 Å². The van der Waals surface area contributed by atoms with Crippen molar-refractivity contribution in [2.75, 3.05) is 0 Å². The largest absolute Gasteiger partial charge is 0.346 e. The molecule has 0 fully saturated rings. The maximum absolute atomic E-state index is 12.4. The van der Waals surface area contributed by atoms with Crippen molar-refractivity contribution in [3.05, 3.63) is 87.8 Å². The molecule has 0 aliphatic rings. The minimum atomic E-state index is -0.264. The molecular weight excluding hydrogens is 360 g/mol. The Morgan fingerprint density at radius 1 is 1.11 bits per heavy atom. The molecule has 0 saturated heterocycles. The fourth-order valence-electron chi connectivity index (χ4n) is 2.73. The van der Waals surface area contributed by atoms with E-state index in [9.17, 15) is 9.59 Å². The average molecular weight is 376 g/mol. The van der Waals surface area contributed by atoms with E-state index < -0.39 is 0 Å². The first-order chi connectivity index (χ1) is 13.1. The van der Waals surface area contributed by atoms with Gasteiger partial charge in [0.05, 0.1) is 12.2 Å². The molecule has 1 N–H and O–H groups in total. The van der Waals surface area contributed by atoms with E-state index in [1.54, 1.807) is 24.3 Å². The molecule has 0 spiro atoms. The third kappa shape index (κ3) is 3.50. The molecule has 4 aromatic rings. The van der Waals surface area contributed by atoms with Gasteiger partial charge in [-0.2, -0.15) is 9.61 Å². The molecule has 0 unspecified atom stereocenters. The van der Waals surface area contributed by atoms with Gasteiger partial charge in [-0.3, -0.25) is 9.59 Å². The SMILES string of the molecule is Cc1ccccc1-c1nn2c(=O)cc(CNC(=O)c3ccccc3)nc2s1. The van der Waals surface area contributed by atoms with Gasteiger partial charge in [0.15, 0.2) is 0 Å². The quantitative estimate of drug-likeness (QED) is 0.594. The van der Waals surface area contributed by atoms with Gasteiger partial charge in [0, 0.05) is 17.2 Å². The second kappa shape index (κ2) is 7.13. The maximum atomic E-state index is 12.4. The number of benzene rings is 2. The van der Waals surface area contributed by atoms with Crippen molar-refractivity contribution in [2.45, 2.75) is 13.5 Å². The number of nitrogens with one attached hydrogen (secondary N) is 1. The van der Waals surface area contributed by atoms with Crippen molar-refractivity contribution < 1.29 is 4.79 Å². The predicted octanol–water partition coefficient (Wildman–Crippen LogP) is 3.06. The summed E-state index contributed by atoms with van der Waals surface area (Å²) in [4.78, 5) is 29.5.